The van der Waals surface area contributed by atoms with Crippen molar-refractivity contribution in [2.24, 2.45) is 0 Å². The van der Waals surface area contributed by atoms with E-state index in [0.29, 0.717) is 13.0 Å². The van der Waals surface area contributed by atoms with Gasteiger partial charge in [0.15, 0.2) is 0 Å². The highest BCUT2D eigenvalue weighted by atomic mass is 79.9. The molecule has 0 aromatic rings. The van der Waals surface area contributed by atoms with E-state index in [1.807, 2.05) is 0 Å². The van der Waals surface area contributed by atoms with Gasteiger partial charge >= 0.3 is 6.03 Å². The number of hydrogen-bond donors (Lipinski definition) is 2. The second-order valence-electron chi connectivity index (χ2n) is 3.69. The molecule has 2 N–H and O–H groups in total. The van der Waals surface area contributed by atoms with Crippen molar-refractivity contribution < 1.29 is 14.4 Å². The van der Waals surface area contributed by atoms with Gasteiger partial charge in [0.05, 0.1) is 11.9 Å². The fraction of sp³-hybridized carbons (Fsp3) is 0.625. The van der Waals surface area contributed by atoms with E-state index in [4.69, 9.17) is 0 Å². The predicted octanol–water partition coefficient (Wildman–Crippen LogP) is -0.808. The molecule has 0 aromatic carbocycles. The van der Waals surface area contributed by atoms with Crippen molar-refractivity contribution in [2.75, 3.05) is 18.4 Å². The molecule has 1 unspecified atom stereocenters. The molecule has 2 rings (SSSR count). The Labute approximate surface area is 94.5 Å². The molecule has 7 heteroatoms. The molecular formula is C8H10BrN3O3. The summed E-state index contributed by atoms with van der Waals surface area (Å²) in [4.78, 5) is 35.5. The van der Waals surface area contributed by atoms with Crippen LogP contribution >= 0.6 is 15.9 Å². The van der Waals surface area contributed by atoms with Crippen LogP contribution in [0.3, 0.4) is 0 Å². The van der Waals surface area contributed by atoms with Gasteiger partial charge in [-0.1, -0.05) is 15.9 Å². The fourth-order valence-corrected chi connectivity index (χ4v) is 2.28. The molecule has 0 radical (unpaired) electrons. The minimum absolute atomic E-state index is 0.0687. The van der Waals surface area contributed by atoms with Crippen LogP contribution in [-0.2, 0) is 9.59 Å². The highest BCUT2D eigenvalue weighted by Gasteiger charge is 2.51. The summed E-state index contributed by atoms with van der Waals surface area (Å²) in [7, 11) is 0. The minimum atomic E-state index is -0.894. The number of hydrogen-bond acceptors (Lipinski definition) is 3. The second-order valence-corrected chi connectivity index (χ2v) is 4.25. The normalized spacial score (nSPS) is 29.5. The molecule has 2 saturated heterocycles. The Balaban J connectivity index is 2.12. The number of carbonyl (C=O) groups excluding carboxylic acids is 3. The summed E-state index contributed by atoms with van der Waals surface area (Å²) in [6.45, 7) is 0.757. The van der Waals surface area contributed by atoms with Crippen molar-refractivity contribution in [1.29, 1.82) is 0 Å². The van der Waals surface area contributed by atoms with E-state index in [1.165, 1.54) is 0 Å². The number of amides is 4. The van der Waals surface area contributed by atoms with Crippen molar-refractivity contribution in [3.05, 3.63) is 0 Å². The number of likely N-dealkylation sites (tertiary alicyclic amines) is 1. The van der Waals surface area contributed by atoms with Gasteiger partial charge < -0.3 is 10.2 Å². The summed E-state index contributed by atoms with van der Waals surface area (Å²) in [5.74, 6) is -0.404. The Kier molecular flexibility index (Phi) is 2.41. The Bertz CT molecular complexity index is 346. The number of nitrogens with one attached hydrogen (secondary N) is 2. The highest BCUT2D eigenvalue weighted by Crippen LogP contribution is 2.24. The van der Waals surface area contributed by atoms with Gasteiger partial charge in [0, 0.05) is 6.54 Å². The van der Waals surface area contributed by atoms with E-state index in [0.717, 1.165) is 0 Å². The molecule has 0 bridgehead atoms. The summed E-state index contributed by atoms with van der Waals surface area (Å²) in [6, 6.07) is -0.479. The highest BCUT2D eigenvalue weighted by molar-refractivity contribution is 9.09. The van der Waals surface area contributed by atoms with Crippen molar-refractivity contribution in [2.45, 2.75) is 12.0 Å². The lowest BCUT2D eigenvalue weighted by Gasteiger charge is -2.20. The first-order valence-corrected chi connectivity index (χ1v) is 5.67. The zero-order valence-corrected chi connectivity index (χ0v) is 9.46. The van der Waals surface area contributed by atoms with E-state index >= 15 is 0 Å². The predicted molar refractivity (Wildman–Crippen MR) is 54.4 cm³/mol. The van der Waals surface area contributed by atoms with E-state index in [1.54, 1.807) is 4.90 Å². The number of rotatable bonds is 1. The van der Waals surface area contributed by atoms with Crippen LogP contribution in [-0.4, -0.2) is 46.7 Å². The molecule has 0 saturated carbocycles. The van der Waals surface area contributed by atoms with E-state index in [-0.39, 0.29) is 23.7 Å². The average molecular weight is 276 g/mol. The number of imide groups is 1. The number of carbonyl (C=O) groups is 3. The maximum absolute atomic E-state index is 11.5. The third-order valence-electron chi connectivity index (χ3n) is 2.75. The summed E-state index contributed by atoms with van der Waals surface area (Å²) < 4.78 is 0. The summed E-state index contributed by atoms with van der Waals surface area (Å²) in [5, 5.41) is 5.00. The maximum Gasteiger partial charge on any atom is 0.322 e. The molecule has 1 atom stereocenters. The average Bonchev–Trinajstić information content (AvgIpc) is 2.72. The quantitative estimate of drug-likeness (QED) is 0.486. The third kappa shape index (κ3) is 1.60. The lowest BCUT2D eigenvalue weighted by atomic mass is 10.00. The van der Waals surface area contributed by atoms with Gasteiger partial charge in [-0.15, -0.1) is 0 Å². The van der Waals surface area contributed by atoms with Gasteiger partial charge in [-0.2, -0.15) is 0 Å². The van der Waals surface area contributed by atoms with Crippen LogP contribution in [0.4, 0.5) is 4.79 Å². The molecule has 2 aliphatic rings. The molecule has 0 aliphatic carbocycles. The first kappa shape index (κ1) is 10.4. The monoisotopic (exact) mass is 275 g/mol. The Morgan fingerprint density at radius 1 is 1.53 bits per heavy atom. The van der Waals surface area contributed by atoms with Crippen LogP contribution in [0.1, 0.15) is 6.42 Å². The SMILES string of the molecule is O=C1NC(=O)C2(CCN(C(=O)CBr)C2)N1. The molecule has 2 heterocycles. The summed E-state index contributed by atoms with van der Waals surface area (Å²) >= 11 is 3.07. The third-order valence-corrected chi connectivity index (χ3v) is 3.23. The van der Waals surface area contributed by atoms with Gasteiger partial charge in [-0.05, 0) is 6.42 Å². The van der Waals surface area contributed by atoms with Crippen molar-refractivity contribution in [3.8, 4) is 0 Å². The first-order valence-electron chi connectivity index (χ1n) is 4.55. The van der Waals surface area contributed by atoms with Crippen molar-refractivity contribution in [1.82, 2.24) is 15.5 Å². The number of alkyl halides is 1. The summed E-state index contributed by atoms with van der Waals surface area (Å²) in [5.41, 5.74) is -0.894. The van der Waals surface area contributed by atoms with Crippen LogP contribution in [0, 0.1) is 0 Å². The molecule has 82 valence electrons. The number of urea groups is 1. The first-order chi connectivity index (χ1) is 7.07. The fourth-order valence-electron chi connectivity index (χ4n) is 1.92. The van der Waals surface area contributed by atoms with Crippen LogP contribution in [0.5, 0.6) is 0 Å². The topological polar surface area (TPSA) is 78.5 Å². The van der Waals surface area contributed by atoms with Crippen LogP contribution in [0.15, 0.2) is 0 Å². The maximum atomic E-state index is 11.5. The standard InChI is InChI=1S/C8H10BrN3O3/c9-3-5(13)12-2-1-8(4-12)6(14)10-7(15)11-8/h1-4H2,(H2,10,11,14,15). The van der Waals surface area contributed by atoms with E-state index in [9.17, 15) is 14.4 Å². The molecule has 2 fully saturated rings. The summed E-state index contributed by atoms with van der Waals surface area (Å²) in [6.07, 6.45) is 0.476. The lowest BCUT2D eigenvalue weighted by molar-refractivity contribution is -0.128. The number of nitrogens with zero attached hydrogens (tertiary/aromatic N) is 1. The van der Waals surface area contributed by atoms with Crippen molar-refractivity contribution in [3.63, 3.8) is 0 Å². The van der Waals surface area contributed by atoms with E-state index < -0.39 is 11.6 Å². The number of halogens is 1. The molecule has 15 heavy (non-hydrogen) atoms. The van der Waals surface area contributed by atoms with Gasteiger partial charge in [-0.3, -0.25) is 14.9 Å². The Morgan fingerprint density at radius 3 is 2.80 bits per heavy atom. The second kappa shape index (κ2) is 3.48. The molecule has 6 nitrogen and oxygen atoms in total. The Hall–Kier alpha value is -1.11. The smallest absolute Gasteiger partial charge is 0.322 e. The van der Waals surface area contributed by atoms with Gasteiger partial charge in [0.25, 0.3) is 5.91 Å². The van der Waals surface area contributed by atoms with Gasteiger partial charge in [0.1, 0.15) is 5.54 Å². The van der Waals surface area contributed by atoms with Gasteiger partial charge in [-0.25, -0.2) is 4.79 Å². The minimum Gasteiger partial charge on any atom is -0.339 e. The van der Waals surface area contributed by atoms with Gasteiger partial charge in [0.2, 0.25) is 5.91 Å². The molecule has 4 amide bonds. The molecule has 0 aromatic heterocycles. The molecular weight excluding hydrogens is 266 g/mol. The molecule has 1 spiro atoms. The molecule has 2 aliphatic heterocycles. The lowest BCUT2D eigenvalue weighted by Crippen LogP contribution is -2.49. The van der Waals surface area contributed by atoms with Crippen LogP contribution < -0.4 is 10.6 Å². The zero-order chi connectivity index (χ0) is 11.1. The van der Waals surface area contributed by atoms with E-state index in [2.05, 4.69) is 26.6 Å². The van der Waals surface area contributed by atoms with Crippen LogP contribution in [0.2, 0.25) is 0 Å². The zero-order valence-electron chi connectivity index (χ0n) is 7.88. The van der Waals surface area contributed by atoms with Crippen LogP contribution in [0.25, 0.3) is 0 Å². The largest absolute Gasteiger partial charge is 0.339 e. The van der Waals surface area contributed by atoms with Crippen molar-refractivity contribution >= 4 is 33.8 Å². The Morgan fingerprint density at radius 2 is 2.27 bits per heavy atom.